The van der Waals surface area contributed by atoms with E-state index < -0.39 is 6.10 Å². The molecule has 0 amide bonds. The standard InChI is InChI=1S/C71H114O6/c1-4-7-10-13-16-19-22-25-27-29-30-31-32-33-34-35-36-37-38-39-40-42-43-46-49-52-55-58-61-64-70(73)76-67-68(66-75-69(72)63-60-57-54-51-48-45-24-21-18-15-12-9-6-3)77-71(74)65-62-59-56-53-50-47-44-41-28-26-23-20-17-14-11-8-5-2/h7-8,10-11,16-17,19-21,24-28,30-31,33-34,36-37,44,47,53,56,68H,4-6,9,12-15,18,22-23,29,32,35,38-43,45-46,48-52,54-55,57-67H2,1-3H3/b10-7-,11-8-,19-16-,20-17-,24-21-,27-25-,28-26-,31-30-,34-33-,37-36-,47-44-,56-53-. The molecule has 0 fully saturated rings. The monoisotopic (exact) mass is 1060 g/mol. The zero-order chi connectivity index (χ0) is 55.7. The molecule has 0 aliphatic carbocycles. The Morgan fingerprint density at radius 1 is 0.273 bits per heavy atom. The van der Waals surface area contributed by atoms with Gasteiger partial charge in [0.1, 0.15) is 13.2 Å². The van der Waals surface area contributed by atoms with Crippen molar-refractivity contribution < 1.29 is 28.6 Å². The first-order valence-electron chi connectivity index (χ1n) is 31.3. The van der Waals surface area contributed by atoms with E-state index in [4.69, 9.17) is 14.2 Å². The highest BCUT2D eigenvalue weighted by molar-refractivity contribution is 5.71. The van der Waals surface area contributed by atoms with Gasteiger partial charge in [0.25, 0.3) is 0 Å². The van der Waals surface area contributed by atoms with Crippen molar-refractivity contribution in [3.8, 4) is 0 Å². The third-order valence-corrected chi connectivity index (χ3v) is 12.8. The van der Waals surface area contributed by atoms with E-state index >= 15 is 0 Å². The Morgan fingerprint density at radius 3 is 0.844 bits per heavy atom. The minimum Gasteiger partial charge on any atom is -0.462 e. The minimum absolute atomic E-state index is 0.110. The van der Waals surface area contributed by atoms with Gasteiger partial charge in [-0.15, -0.1) is 0 Å². The molecule has 0 saturated carbocycles. The number of carbonyl (C=O) groups is 3. The molecule has 6 heteroatoms. The van der Waals surface area contributed by atoms with Crippen LogP contribution in [0, 0.1) is 0 Å². The van der Waals surface area contributed by atoms with E-state index in [1.54, 1.807) is 0 Å². The molecule has 6 nitrogen and oxygen atoms in total. The second-order valence-electron chi connectivity index (χ2n) is 20.2. The van der Waals surface area contributed by atoms with Crippen LogP contribution in [0.25, 0.3) is 0 Å². The van der Waals surface area contributed by atoms with Crippen molar-refractivity contribution in [1.29, 1.82) is 0 Å². The van der Waals surface area contributed by atoms with Crippen LogP contribution in [-0.4, -0.2) is 37.2 Å². The van der Waals surface area contributed by atoms with E-state index in [0.717, 1.165) is 135 Å². The van der Waals surface area contributed by atoms with Gasteiger partial charge in [0, 0.05) is 19.3 Å². The molecule has 0 aromatic carbocycles. The van der Waals surface area contributed by atoms with Gasteiger partial charge in [-0.1, -0.05) is 256 Å². The first kappa shape index (κ1) is 72.3. The molecule has 0 aromatic rings. The molecule has 0 aliphatic heterocycles. The zero-order valence-corrected chi connectivity index (χ0v) is 49.7. The van der Waals surface area contributed by atoms with Gasteiger partial charge in [-0.05, 0) is 135 Å². The Bertz CT molecular complexity index is 1700. The van der Waals surface area contributed by atoms with Crippen LogP contribution in [-0.2, 0) is 28.6 Å². The fraction of sp³-hybridized carbons (Fsp3) is 0.620. The van der Waals surface area contributed by atoms with Gasteiger partial charge in [0.05, 0.1) is 0 Å². The molecule has 0 bridgehead atoms. The second kappa shape index (κ2) is 63.8. The lowest BCUT2D eigenvalue weighted by molar-refractivity contribution is -0.167. The van der Waals surface area contributed by atoms with Crippen LogP contribution >= 0.6 is 0 Å². The molecular weight excluding hydrogens is 949 g/mol. The van der Waals surface area contributed by atoms with Crippen LogP contribution in [0.2, 0.25) is 0 Å². The fourth-order valence-electron chi connectivity index (χ4n) is 8.18. The van der Waals surface area contributed by atoms with Crippen molar-refractivity contribution in [1.82, 2.24) is 0 Å². The SMILES string of the molecule is CC/C=C\C/C=C\C/C=C\C/C=C\C/C=C\C/C=C\CCCCCCCCCCCCC(=O)OCC(COC(=O)CCCCCCC/C=C\CCCCCC)OC(=O)CCC/C=C\C/C=C\C/C=C\C/C=C\C/C=C\CC. The number of esters is 3. The maximum absolute atomic E-state index is 12.9. The third kappa shape index (κ3) is 62.0. The average molecular weight is 1060 g/mol. The summed E-state index contributed by atoms with van der Waals surface area (Å²) in [5.74, 6) is -0.984. The van der Waals surface area contributed by atoms with Gasteiger partial charge in [0.15, 0.2) is 6.10 Å². The molecule has 434 valence electrons. The maximum atomic E-state index is 12.9. The third-order valence-electron chi connectivity index (χ3n) is 12.8. The molecule has 1 atom stereocenters. The van der Waals surface area contributed by atoms with E-state index in [9.17, 15) is 14.4 Å². The van der Waals surface area contributed by atoms with Crippen molar-refractivity contribution in [3.05, 3.63) is 146 Å². The van der Waals surface area contributed by atoms with E-state index in [-0.39, 0.29) is 37.5 Å². The highest BCUT2D eigenvalue weighted by atomic mass is 16.6. The van der Waals surface area contributed by atoms with E-state index in [0.29, 0.717) is 19.3 Å². The first-order chi connectivity index (χ1) is 38.0. The van der Waals surface area contributed by atoms with Crippen molar-refractivity contribution in [2.75, 3.05) is 13.2 Å². The topological polar surface area (TPSA) is 78.9 Å². The van der Waals surface area contributed by atoms with Gasteiger partial charge in [-0.2, -0.15) is 0 Å². The van der Waals surface area contributed by atoms with Crippen molar-refractivity contribution in [3.63, 3.8) is 0 Å². The van der Waals surface area contributed by atoms with Crippen LogP contribution in [0.5, 0.6) is 0 Å². The largest absolute Gasteiger partial charge is 0.462 e. The number of hydrogen-bond acceptors (Lipinski definition) is 6. The van der Waals surface area contributed by atoms with Crippen LogP contribution in [0.15, 0.2) is 146 Å². The average Bonchev–Trinajstić information content (AvgIpc) is 3.43. The highest BCUT2D eigenvalue weighted by Gasteiger charge is 2.19. The van der Waals surface area contributed by atoms with E-state index in [1.807, 2.05) is 0 Å². The van der Waals surface area contributed by atoms with Crippen LogP contribution in [0.4, 0.5) is 0 Å². The van der Waals surface area contributed by atoms with Gasteiger partial charge in [0.2, 0.25) is 0 Å². The Morgan fingerprint density at radius 2 is 0.519 bits per heavy atom. The molecule has 0 aliphatic rings. The maximum Gasteiger partial charge on any atom is 0.306 e. The Balaban J connectivity index is 4.37. The molecule has 0 radical (unpaired) electrons. The molecule has 1 unspecified atom stereocenters. The first-order valence-corrected chi connectivity index (χ1v) is 31.3. The van der Waals surface area contributed by atoms with Gasteiger partial charge in [-0.3, -0.25) is 14.4 Å². The van der Waals surface area contributed by atoms with Crippen LogP contribution in [0.1, 0.15) is 265 Å². The number of carbonyl (C=O) groups excluding carboxylic acids is 3. The van der Waals surface area contributed by atoms with Crippen molar-refractivity contribution in [2.45, 2.75) is 271 Å². The highest BCUT2D eigenvalue weighted by Crippen LogP contribution is 2.14. The van der Waals surface area contributed by atoms with Crippen LogP contribution in [0.3, 0.4) is 0 Å². The molecule has 0 rings (SSSR count). The molecule has 0 aromatic heterocycles. The Labute approximate surface area is 474 Å². The van der Waals surface area contributed by atoms with Gasteiger partial charge in [-0.25, -0.2) is 0 Å². The summed E-state index contributed by atoms with van der Waals surface area (Å²) in [4.78, 5) is 38.2. The van der Waals surface area contributed by atoms with Gasteiger partial charge < -0.3 is 14.2 Å². The molecule has 0 saturated heterocycles. The van der Waals surface area contributed by atoms with Crippen molar-refractivity contribution in [2.24, 2.45) is 0 Å². The van der Waals surface area contributed by atoms with E-state index in [2.05, 4.69) is 167 Å². The summed E-state index contributed by atoms with van der Waals surface area (Å²) in [5.41, 5.74) is 0. The molecule has 0 heterocycles. The van der Waals surface area contributed by atoms with Crippen molar-refractivity contribution >= 4 is 17.9 Å². The lowest BCUT2D eigenvalue weighted by Crippen LogP contribution is -2.30. The minimum atomic E-state index is -0.819. The van der Waals surface area contributed by atoms with Crippen LogP contribution < -0.4 is 0 Å². The lowest BCUT2D eigenvalue weighted by Gasteiger charge is -2.18. The number of hydrogen-bond donors (Lipinski definition) is 0. The summed E-state index contributed by atoms with van der Waals surface area (Å²) in [5, 5.41) is 0. The van der Waals surface area contributed by atoms with E-state index in [1.165, 1.54) is 83.5 Å². The second-order valence-corrected chi connectivity index (χ2v) is 20.2. The summed E-state index contributed by atoms with van der Waals surface area (Å²) in [6, 6.07) is 0. The zero-order valence-electron chi connectivity index (χ0n) is 49.7. The number of allylic oxidation sites excluding steroid dienone is 24. The summed E-state index contributed by atoms with van der Waals surface area (Å²) in [6.45, 7) is 6.34. The molecule has 0 N–H and O–H groups in total. The number of rotatable bonds is 55. The normalized spacial score (nSPS) is 13.1. The molecule has 0 spiro atoms. The number of ether oxygens (including phenoxy) is 3. The molecular formula is C71H114O6. The molecule has 77 heavy (non-hydrogen) atoms. The predicted molar refractivity (Wildman–Crippen MR) is 334 cm³/mol. The lowest BCUT2D eigenvalue weighted by atomic mass is 10.1. The summed E-state index contributed by atoms with van der Waals surface area (Å²) >= 11 is 0. The number of unbranched alkanes of at least 4 members (excludes halogenated alkanes) is 20. The predicted octanol–water partition coefficient (Wildman–Crippen LogP) is 21.5. The summed E-state index contributed by atoms with van der Waals surface area (Å²) in [6.07, 6.45) is 91.4. The fourth-order valence-corrected chi connectivity index (χ4v) is 8.18. The van der Waals surface area contributed by atoms with Gasteiger partial charge >= 0.3 is 17.9 Å². The quantitative estimate of drug-likeness (QED) is 0.0261. The summed E-state index contributed by atoms with van der Waals surface area (Å²) < 4.78 is 16.8. The summed E-state index contributed by atoms with van der Waals surface area (Å²) in [7, 11) is 0. The Kier molecular flexibility index (Phi) is 59.9. The Hall–Kier alpha value is -4.71. The smallest absolute Gasteiger partial charge is 0.306 e.